The molecule has 0 unspecified atom stereocenters. The fraction of sp³-hybridized carbons (Fsp3) is 0.357. The minimum Gasteiger partial charge on any atom is -0.355 e. The fourth-order valence-corrected chi connectivity index (χ4v) is 4.82. The summed E-state index contributed by atoms with van der Waals surface area (Å²) in [7, 11) is 0. The van der Waals surface area contributed by atoms with Crippen molar-refractivity contribution in [1.29, 1.82) is 0 Å². The maximum atomic E-state index is 13.5. The molecule has 3 heterocycles. The molecule has 1 aliphatic heterocycles. The monoisotopic (exact) mass is 521 g/mol. The van der Waals surface area contributed by atoms with E-state index in [9.17, 15) is 13.2 Å². The van der Waals surface area contributed by atoms with Crippen LogP contribution in [-0.2, 0) is 6.18 Å². The first kappa shape index (κ1) is 25.8. The van der Waals surface area contributed by atoms with Gasteiger partial charge in [-0.15, -0.1) is 10.2 Å². The zero-order valence-corrected chi connectivity index (χ0v) is 21.1. The summed E-state index contributed by atoms with van der Waals surface area (Å²) in [6.45, 7) is 3.55. The van der Waals surface area contributed by atoms with Crippen molar-refractivity contribution in [1.82, 2.24) is 20.2 Å². The molecular weight excluding hydrogens is 491 g/mol. The topological polar surface area (TPSA) is 92.9 Å². The molecule has 0 amide bonds. The summed E-state index contributed by atoms with van der Waals surface area (Å²) < 4.78 is 40.5. The van der Waals surface area contributed by atoms with Crippen molar-refractivity contribution in [2.24, 2.45) is 5.73 Å². The number of hydrogen-bond acceptors (Lipinski definition) is 7. The molecule has 1 fully saturated rings. The molecule has 198 valence electrons. The molecule has 0 spiro atoms. The number of allylic oxidation sites excluding steroid dienone is 2. The van der Waals surface area contributed by atoms with E-state index in [1.54, 1.807) is 18.3 Å². The molecule has 0 bridgehead atoms. The summed E-state index contributed by atoms with van der Waals surface area (Å²) in [5.74, 6) is 1.07. The summed E-state index contributed by atoms with van der Waals surface area (Å²) in [6, 6.07) is 8.87. The Morgan fingerprint density at radius 3 is 2.63 bits per heavy atom. The second-order valence-electron chi connectivity index (χ2n) is 9.76. The summed E-state index contributed by atoms with van der Waals surface area (Å²) in [6.07, 6.45) is 8.65. The van der Waals surface area contributed by atoms with E-state index in [4.69, 9.17) is 10.7 Å². The van der Waals surface area contributed by atoms with Gasteiger partial charge in [-0.1, -0.05) is 43.4 Å². The van der Waals surface area contributed by atoms with Gasteiger partial charge in [0, 0.05) is 36.5 Å². The lowest BCUT2D eigenvalue weighted by molar-refractivity contribution is -0.137. The van der Waals surface area contributed by atoms with Gasteiger partial charge in [0.15, 0.2) is 5.82 Å². The molecule has 2 aromatic heterocycles. The van der Waals surface area contributed by atoms with Crippen LogP contribution in [0.1, 0.15) is 38.2 Å². The Morgan fingerprint density at radius 2 is 1.92 bits per heavy atom. The number of nitrogens with two attached hydrogens (primary N) is 1. The van der Waals surface area contributed by atoms with Crippen LogP contribution in [0.5, 0.6) is 0 Å². The summed E-state index contributed by atoms with van der Waals surface area (Å²) in [5.41, 5.74) is 6.77. The quantitative estimate of drug-likeness (QED) is 0.435. The molecule has 38 heavy (non-hydrogen) atoms. The van der Waals surface area contributed by atoms with Gasteiger partial charge in [-0.25, -0.2) is 9.97 Å². The van der Waals surface area contributed by atoms with E-state index in [1.807, 2.05) is 18.2 Å². The average molecular weight is 522 g/mol. The Hall–Kier alpha value is -3.79. The van der Waals surface area contributed by atoms with E-state index in [0.717, 1.165) is 50.9 Å². The highest BCUT2D eigenvalue weighted by atomic mass is 19.4. The predicted octanol–water partition coefficient (Wildman–Crippen LogP) is 5.62. The number of benzene rings is 1. The van der Waals surface area contributed by atoms with Gasteiger partial charge in [0.25, 0.3) is 0 Å². The van der Waals surface area contributed by atoms with Crippen molar-refractivity contribution in [2.45, 2.75) is 50.4 Å². The average Bonchev–Trinajstić information content (AvgIpc) is 2.93. The number of alkyl halides is 3. The normalized spacial score (nSPS) is 20.1. The van der Waals surface area contributed by atoms with E-state index in [1.165, 1.54) is 6.07 Å². The SMILES string of the molecule is CC[C@@]1(Nc2nccc(-c3cc(N4CCC(N)CC4)nnc3-c3cccc(C(F)(F)F)c3)n2)C=CC=CC1. The van der Waals surface area contributed by atoms with Crippen LogP contribution >= 0.6 is 0 Å². The minimum absolute atomic E-state index is 0.146. The number of anilines is 2. The Balaban J connectivity index is 1.57. The highest BCUT2D eigenvalue weighted by molar-refractivity contribution is 5.81. The zero-order chi connectivity index (χ0) is 26.8. The summed E-state index contributed by atoms with van der Waals surface area (Å²) in [4.78, 5) is 11.3. The zero-order valence-electron chi connectivity index (χ0n) is 21.1. The lowest BCUT2D eigenvalue weighted by atomic mass is 9.89. The lowest BCUT2D eigenvalue weighted by Crippen LogP contribution is -2.40. The number of aromatic nitrogens is 4. The van der Waals surface area contributed by atoms with Crippen LogP contribution in [0.3, 0.4) is 0 Å². The van der Waals surface area contributed by atoms with Gasteiger partial charge in [-0.3, -0.25) is 0 Å². The van der Waals surface area contributed by atoms with Crippen LogP contribution in [0.15, 0.2) is 66.9 Å². The van der Waals surface area contributed by atoms with Crippen LogP contribution in [0, 0.1) is 0 Å². The van der Waals surface area contributed by atoms with E-state index >= 15 is 0 Å². The predicted molar refractivity (Wildman–Crippen MR) is 142 cm³/mol. The smallest absolute Gasteiger partial charge is 0.355 e. The Labute approximate surface area is 219 Å². The third-order valence-corrected chi connectivity index (χ3v) is 7.18. The van der Waals surface area contributed by atoms with Crippen molar-refractivity contribution >= 4 is 11.8 Å². The maximum absolute atomic E-state index is 13.5. The van der Waals surface area contributed by atoms with E-state index in [2.05, 4.69) is 44.5 Å². The molecular formula is C28H30F3N7. The molecule has 1 aromatic carbocycles. The van der Waals surface area contributed by atoms with E-state index in [-0.39, 0.29) is 11.6 Å². The second-order valence-corrected chi connectivity index (χ2v) is 9.76. The Bertz CT molecular complexity index is 1350. The van der Waals surface area contributed by atoms with Gasteiger partial charge in [-0.05, 0) is 49.9 Å². The molecule has 2 aliphatic rings. The highest BCUT2D eigenvalue weighted by Crippen LogP contribution is 2.36. The van der Waals surface area contributed by atoms with Gasteiger partial charge in [0.05, 0.1) is 16.8 Å². The molecule has 1 aliphatic carbocycles. The number of hydrogen-bond donors (Lipinski definition) is 2. The van der Waals surface area contributed by atoms with Crippen LogP contribution in [0.4, 0.5) is 24.9 Å². The maximum Gasteiger partial charge on any atom is 0.416 e. The Kier molecular flexibility index (Phi) is 7.16. The number of rotatable bonds is 6. The third-order valence-electron chi connectivity index (χ3n) is 7.18. The molecule has 1 saturated heterocycles. The standard InChI is InChI=1S/C28H30F3N7/c1-2-27(12-4-3-5-13-27)35-26-33-14-9-23(34-26)22-18-24(38-15-10-21(32)11-16-38)36-37-25(22)19-7-6-8-20(17-19)28(29,30)31/h3-9,12,14,17-18,21H,2,10-11,13,15-16,32H2,1H3,(H,33,34,35)/t27-/m1/s1. The molecule has 10 heteroatoms. The van der Waals surface area contributed by atoms with Crippen LogP contribution in [0.2, 0.25) is 0 Å². The van der Waals surface area contributed by atoms with E-state index < -0.39 is 11.7 Å². The van der Waals surface area contributed by atoms with Gasteiger partial charge >= 0.3 is 6.18 Å². The molecule has 3 N–H and O–H groups in total. The van der Waals surface area contributed by atoms with E-state index in [0.29, 0.717) is 34.3 Å². The van der Waals surface area contributed by atoms with Crippen LogP contribution < -0.4 is 16.0 Å². The van der Waals surface area contributed by atoms with Gasteiger partial charge in [0.2, 0.25) is 5.95 Å². The van der Waals surface area contributed by atoms with Crippen molar-refractivity contribution < 1.29 is 13.2 Å². The third kappa shape index (κ3) is 5.55. The van der Waals surface area contributed by atoms with Crippen LogP contribution in [-0.4, -0.2) is 44.8 Å². The summed E-state index contributed by atoms with van der Waals surface area (Å²) in [5, 5.41) is 12.3. The number of piperidine rings is 1. The first-order chi connectivity index (χ1) is 18.3. The fourth-order valence-electron chi connectivity index (χ4n) is 4.82. The van der Waals surface area contributed by atoms with Gasteiger partial charge in [0.1, 0.15) is 5.69 Å². The first-order valence-corrected chi connectivity index (χ1v) is 12.8. The molecule has 7 nitrogen and oxygen atoms in total. The second kappa shape index (κ2) is 10.5. The minimum atomic E-state index is -4.47. The molecule has 0 radical (unpaired) electrons. The van der Waals surface area contributed by atoms with Crippen molar-refractivity contribution in [3.63, 3.8) is 0 Å². The molecule has 3 aromatic rings. The van der Waals surface area contributed by atoms with Crippen molar-refractivity contribution in [2.75, 3.05) is 23.3 Å². The molecule has 1 atom stereocenters. The number of halogens is 3. The highest BCUT2D eigenvalue weighted by Gasteiger charge is 2.31. The molecule has 0 saturated carbocycles. The van der Waals surface area contributed by atoms with Crippen molar-refractivity contribution in [3.05, 3.63) is 72.5 Å². The summed E-state index contributed by atoms with van der Waals surface area (Å²) >= 11 is 0. The Morgan fingerprint density at radius 1 is 1.11 bits per heavy atom. The van der Waals surface area contributed by atoms with Gasteiger partial charge in [-0.2, -0.15) is 13.2 Å². The lowest BCUT2D eigenvalue weighted by Gasteiger charge is -2.31. The van der Waals surface area contributed by atoms with Crippen LogP contribution in [0.25, 0.3) is 22.5 Å². The number of nitrogens with zero attached hydrogens (tertiary/aromatic N) is 5. The largest absolute Gasteiger partial charge is 0.416 e. The first-order valence-electron chi connectivity index (χ1n) is 12.8. The molecule has 5 rings (SSSR count). The number of nitrogens with one attached hydrogen (secondary N) is 1. The van der Waals surface area contributed by atoms with Gasteiger partial charge < -0.3 is 16.0 Å². The van der Waals surface area contributed by atoms with Crippen molar-refractivity contribution in [3.8, 4) is 22.5 Å².